The molecule has 2 rings (SSSR count). The van der Waals surface area contributed by atoms with E-state index in [1.165, 1.54) is 12.1 Å². The van der Waals surface area contributed by atoms with Crippen molar-refractivity contribution >= 4 is 27.3 Å². The number of rotatable bonds is 3. The number of thiazole rings is 1. The van der Waals surface area contributed by atoms with Gasteiger partial charge >= 0.3 is 6.18 Å². The van der Waals surface area contributed by atoms with Crippen molar-refractivity contribution in [3.05, 3.63) is 50.1 Å². The maximum absolute atomic E-state index is 14.0. The number of halogens is 5. The number of nitrogens with zero attached hydrogens (tertiary/aromatic N) is 1. The van der Waals surface area contributed by atoms with Crippen LogP contribution in [0.5, 0.6) is 0 Å². The van der Waals surface area contributed by atoms with Crippen LogP contribution in [0.3, 0.4) is 0 Å². The van der Waals surface area contributed by atoms with E-state index in [0.717, 1.165) is 6.20 Å². The Morgan fingerprint density at radius 1 is 1.35 bits per heavy atom. The Kier molecular flexibility index (Phi) is 4.46. The van der Waals surface area contributed by atoms with Crippen molar-refractivity contribution < 1.29 is 17.6 Å². The van der Waals surface area contributed by atoms with Gasteiger partial charge in [-0.3, -0.25) is 0 Å². The van der Waals surface area contributed by atoms with Gasteiger partial charge in [-0.2, -0.15) is 13.2 Å². The van der Waals surface area contributed by atoms with Gasteiger partial charge < -0.3 is 5.32 Å². The number of hydrogen-bond donors (Lipinski definition) is 1. The highest BCUT2D eigenvalue weighted by Gasteiger charge is 2.35. The number of alkyl halides is 3. The molecule has 0 saturated heterocycles. The summed E-state index contributed by atoms with van der Waals surface area (Å²) in [6.45, 7) is 0. The van der Waals surface area contributed by atoms with E-state index in [1.807, 2.05) is 0 Å². The molecular formula is C12H9BrF4N2S. The van der Waals surface area contributed by atoms with Gasteiger partial charge in [0.05, 0.1) is 10.5 Å². The average Bonchev–Trinajstić information content (AvgIpc) is 2.85. The lowest BCUT2D eigenvalue weighted by molar-refractivity contribution is -0.137. The maximum atomic E-state index is 14.0. The number of hydrogen-bond acceptors (Lipinski definition) is 3. The van der Waals surface area contributed by atoms with Crippen LogP contribution in [0.2, 0.25) is 0 Å². The highest BCUT2D eigenvalue weighted by Crippen LogP contribution is 2.37. The molecule has 20 heavy (non-hydrogen) atoms. The maximum Gasteiger partial charge on any atom is 0.443 e. The normalized spacial score (nSPS) is 13.5. The first-order chi connectivity index (χ1) is 9.34. The van der Waals surface area contributed by atoms with Gasteiger partial charge in [-0.25, -0.2) is 9.37 Å². The summed E-state index contributed by atoms with van der Waals surface area (Å²) in [6.07, 6.45) is -3.37. The zero-order chi connectivity index (χ0) is 14.9. The van der Waals surface area contributed by atoms with Crippen LogP contribution in [0.1, 0.15) is 21.5 Å². The van der Waals surface area contributed by atoms with Gasteiger partial charge in [-0.1, -0.05) is 12.1 Å². The first-order valence-electron chi connectivity index (χ1n) is 5.48. The molecular weight excluding hydrogens is 360 g/mol. The third-order valence-electron chi connectivity index (χ3n) is 2.63. The quantitative estimate of drug-likeness (QED) is 0.813. The summed E-state index contributed by atoms with van der Waals surface area (Å²) in [5.74, 6) is -0.506. The molecule has 108 valence electrons. The van der Waals surface area contributed by atoms with Crippen LogP contribution in [0.15, 0.2) is 28.9 Å². The van der Waals surface area contributed by atoms with Crippen molar-refractivity contribution in [3.63, 3.8) is 0 Å². The molecule has 2 aromatic rings. The molecule has 0 fully saturated rings. The predicted octanol–water partition coefficient (Wildman–Crippen LogP) is 4.37. The molecule has 0 aliphatic carbocycles. The lowest BCUT2D eigenvalue weighted by Gasteiger charge is -2.16. The Bertz CT molecular complexity index is 612. The second kappa shape index (κ2) is 5.79. The number of nitrogens with one attached hydrogen (secondary N) is 1. The smallest absolute Gasteiger partial charge is 0.309 e. The third kappa shape index (κ3) is 3.02. The van der Waals surface area contributed by atoms with Crippen LogP contribution in [-0.2, 0) is 6.18 Å². The van der Waals surface area contributed by atoms with Crippen LogP contribution < -0.4 is 5.32 Å². The van der Waals surface area contributed by atoms with E-state index < -0.39 is 23.0 Å². The topological polar surface area (TPSA) is 24.9 Å². The van der Waals surface area contributed by atoms with Crippen molar-refractivity contribution in [2.75, 3.05) is 7.05 Å². The molecule has 0 radical (unpaired) electrons. The molecule has 1 N–H and O–H groups in total. The van der Waals surface area contributed by atoms with Crippen LogP contribution in [0.4, 0.5) is 17.6 Å². The number of benzene rings is 1. The van der Waals surface area contributed by atoms with E-state index >= 15 is 0 Å². The van der Waals surface area contributed by atoms with E-state index in [1.54, 1.807) is 13.1 Å². The van der Waals surface area contributed by atoms with E-state index in [9.17, 15) is 17.6 Å². The first-order valence-corrected chi connectivity index (χ1v) is 7.09. The monoisotopic (exact) mass is 368 g/mol. The Morgan fingerprint density at radius 3 is 2.60 bits per heavy atom. The molecule has 1 atom stereocenters. The third-order valence-corrected chi connectivity index (χ3v) is 4.35. The van der Waals surface area contributed by atoms with Crippen molar-refractivity contribution in [1.29, 1.82) is 0 Å². The van der Waals surface area contributed by atoms with Gasteiger partial charge in [0.2, 0.25) is 0 Å². The van der Waals surface area contributed by atoms with Crippen LogP contribution in [-0.4, -0.2) is 12.0 Å². The summed E-state index contributed by atoms with van der Waals surface area (Å²) in [6, 6.07) is 3.99. The van der Waals surface area contributed by atoms with Gasteiger partial charge in [0.1, 0.15) is 5.82 Å². The summed E-state index contributed by atoms with van der Waals surface area (Å²) in [5.41, 5.74) is 0.263. The average molecular weight is 369 g/mol. The van der Waals surface area contributed by atoms with Gasteiger partial charge in [0.15, 0.2) is 5.01 Å². The fraction of sp³-hybridized carbons (Fsp3) is 0.250. The first kappa shape index (κ1) is 15.4. The molecule has 0 bridgehead atoms. The highest BCUT2D eigenvalue weighted by atomic mass is 79.9. The minimum Gasteiger partial charge on any atom is -0.309 e. The SMILES string of the molecule is CNC(c1cnc(C(F)(F)F)s1)c1cccc(Br)c1F. The minimum absolute atomic E-state index is 0.260. The van der Waals surface area contributed by atoms with E-state index in [0.29, 0.717) is 16.2 Å². The molecule has 1 aromatic carbocycles. The summed E-state index contributed by atoms with van der Waals surface area (Å²) in [4.78, 5) is 3.66. The Labute approximate surface area is 125 Å². The minimum atomic E-state index is -4.49. The lowest BCUT2D eigenvalue weighted by atomic mass is 10.1. The van der Waals surface area contributed by atoms with Gasteiger partial charge in [-0.05, 0) is 29.0 Å². The van der Waals surface area contributed by atoms with Gasteiger partial charge in [0.25, 0.3) is 0 Å². The van der Waals surface area contributed by atoms with Crippen molar-refractivity contribution in [3.8, 4) is 0 Å². The fourth-order valence-electron chi connectivity index (χ4n) is 1.75. The second-order valence-corrected chi connectivity index (χ2v) is 5.85. The van der Waals surface area contributed by atoms with Crippen LogP contribution in [0, 0.1) is 5.82 Å². The van der Waals surface area contributed by atoms with Crippen molar-refractivity contribution in [1.82, 2.24) is 10.3 Å². The van der Waals surface area contributed by atoms with E-state index in [2.05, 4.69) is 26.2 Å². The molecule has 1 aromatic heterocycles. The van der Waals surface area contributed by atoms with E-state index in [-0.39, 0.29) is 10.0 Å². The largest absolute Gasteiger partial charge is 0.443 e. The van der Waals surface area contributed by atoms with Crippen LogP contribution in [0.25, 0.3) is 0 Å². The van der Waals surface area contributed by atoms with Crippen molar-refractivity contribution in [2.24, 2.45) is 0 Å². The standard InChI is InChI=1S/C12H9BrF4N2S/c1-18-10(6-3-2-4-7(13)9(6)14)8-5-19-11(20-8)12(15,16)17/h2-5,10,18H,1H3. The second-order valence-electron chi connectivity index (χ2n) is 3.93. The highest BCUT2D eigenvalue weighted by molar-refractivity contribution is 9.10. The molecule has 0 amide bonds. The number of aromatic nitrogens is 1. The molecule has 0 aliphatic heterocycles. The summed E-state index contributed by atoms with van der Waals surface area (Å²) >= 11 is 3.56. The molecule has 0 saturated carbocycles. The Hall–Kier alpha value is -0.990. The van der Waals surface area contributed by atoms with Gasteiger partial charge in [-0.15, -0.1) is 11.3 Å². The molecule has 0 aliphatic rings. The zero-order valence-corrected chi connectivity index (χ0v) is 12.5. The molecule has 2 nitrogen and oxygen atoms in total. The molecule has 1 unspecified atom stereocenters. The summed E-state index contributed by atoms with van der Waals surface area (Å²) < 4.78 is 52.0. The Morgan fingerprint density at radius 2 is 2.05 bits per heavy atom. The van der Waals surface area contributed by atoms with Gasteiger partial charge in [0, 0.05) is 16.6 Å². The van der Waals surface area contributed by atoms with Crippen molar-refractivity contribution in [2.45, 2.75) is 12.2 Å². The summed E-state index contributed by atoms with van der Waals surface area (Å²) in [7, 11) is 1.55. The molecule has 0 spiro atoms. The molecule has 8 heteroatoms. The summed E-state index contributed by atoms with van der Waals surface area (Å²) in [5, 5.41) is 1.87. The Balaban J connectivity index is 2.43. The predicted molar refractivity (Wildman–Crippen MR) is 72.1 cm³/mol. The van der Waals surface area contributed by atoms with Crippen LogP contribution >= 0.6 is 27.3 Å². The lowest BCUT2D eigenvalue weighted by Crippen LogP contribution is -2.18. The fourth-order valence-corrected chi connectivity index (χ4v) is 3.04. The molecule has 1 heterocycles. The van der Waals surface area contributed by atoms with E-state index in [4.69, 9.17) is 0 Å². The zero-order valence-electron chi connectivity index (χ0n) is 10.1.